The van der Waals surface area contributed by atoms with Gasteiger partial charge in [-0.15, -0.1) is 0 Å². The van der Waals surface area contributed by atoms with Gasteiger partial charge in [0.25, 0.3) is 0 Å². The van der Waals surface area contributed by atoms with Gasteiger partial charge < -0.3 is 10.2 Å². The predicted octanol–water partition coefficient (Wildman–Crippen LogP) is 4.52. The third kappa shape index (κ3) is 2.11. The molecule has 0 unspecified atom stereocenters. The van der Waals surface area contributed by atoms with Crippen LogP contribution in [0.5, 0.6) is 5.75 Å². The Hall–Kier alpha value is -1.02. The van der Waals surface area contributed by atoms with Crippen molar-refractivity contribution in [2.45, 2.75) is 77.7 Å². The van der Waals surface area contributed by atoms with Gasteiger partial charge in [0.05, 0.1) is 6.10 Å². The Kier molecular flexibility index (Phi) is 3.60. The number of fused-ring (bicyclic) bond motifs is 3. The molecule has 2 aliphatic carbocycles. The fourth-order valence-electron chi connectivity index (χ4n) is 5.20. The number of aromatic hydroxyl groups is 1. The molecule has 0 amide bonds. The molecule has 0 radical (unpaired) electrons. The lowest BCUT2D eigenvalue weighted by atomic mass is 9.49. The summed E-state index contributed by atoms with van der Waals surface area (Å²) in [5.41, 5.74) is 3.81. The lowest BCUT2D eigenvalue weighted by Gasteiger charge is -2.56. The van der Waals surface area contributed by atoms with Crippen molar-refractivity contribution in [3.8, 4) is 5.75 Å². The molecule has 22 heavy (non-hydrogen) atoms. The summed E-state index contributed by atoms with van der Waals surface area (Å²) < 4.78 is 0. The highest BCUT2D eigenvalue weighted by Crippen LogP contribution is 2.57. The summed E-state index contributed by atoms with van der Waals surface area (Å²) in [4.78, 5) is 0. The van der Waals surface area contributed by atoms with Crippen LogP contribution >= 0.6 is 0 Å². The Bertz CT molecular complexity index is 588. The molecule has 1 aromatic rings. The zero-order valence-electron chi connectivity index (χ0n) is 14.6. The molecule has 0 heterocycles. The smallest absolute Gasteiger partial charge is 0.119 e. The maximum Gasteiger partial charge on any atom is 0.119 e. The largest absolute Gasteiger partial charge is 0.508 e. The van der Waals surface area contributed by atoms with Crippen LogP contribution in [0.25, 0.3) is 0 Å². The van der Waals surface area contributed by atoms with Crippen molar-refractivity contribution in [1.29, 1.82) is 0 Å². The van der Waals surface area contributed by atoms with Crippen LogP contribution in [0, 0.1) is 11.3 Å². The molecular weight excluding hydrogens is 272 g/mol. The van der Waals surface area contributed by atoms with Crippen LogP contribution in [-0.4, -0.2) is 16.3 Å². The minimum Gasteiger partial charge on any atom is -0.508 e. The average molecular weight is 302 g/mol. The Morgan fingerprint density at radius 1 is 1.14 bits per heavy atom. The molecule has 1 saturated carbocycles. The van der Waals surface area contributed by atoms with E-state index in [4.69, 9.17) is 0 Å². The highest BCUT2D eigenvalue weighted by Gasteiger charge is 2.53. The molecule has 0 bridgehead atoms. The van der Waals surface area contributed by atoms with Crippen LogP contribution in [0.3, 0.4) is 0 Å². The van der Waals surface area contributed by atoms with Crippen molar-refractivity contribution in [3.63, 3.8) is 0 Å². The molecule has 0 aromatic heterocycles. The molecule has 2 heteroatoms. The Morgan fingerprint density at radius 3 is 2.45 bits per heavy atom. The Morgan fingerprint density at radius 2 is 1.82 bits per heavy atom. The van der Waals surface area contributed by atoms with Crippen LogP contribution < -0.4 is 0 Å². The van der Waals surface area contributed by atoms with Gasteiger partial charge >= 0.3 is 0 Å². The molecule has 0 aliphatic heterocycles. The molecule has 1 aromatic carbocycles. The van der Waals surface area contributed by atoms with Crippen LogP contribution in [0.15, 0.2) is 12.1 Å². The normalized spacial score (nSPS) is 33.4. The number of phenolic OH excluding ortho intramolecular Hbond substituents is 1. The Labute approximate surface area is 134 Å². The van der Waals surface area contributed by atoms with E-state index in [0.717, 1.165) is 31.2 Å². The topological polar surface area (TPSA) is 40.5 Å². The maximum atomic E-state index is 10.5. The number of benzene rings is 1. The fraction of sp³-hybridized carbons (Fsp3) is 0.700. The lowest BCUT2D eigenvalue weighted by Crippen LogP contribution is -2.53. The molecule has 122 valence electrons. The molecule has 1 fully saturated rings. The minimum atomic E-state index is -0.212. The van der Waals surface area contributed by atoms with E-state index in [1.165, 1.54) is 11.1 Å². The lowest BCUT2D eigenvalue weighted by molar-refractivity contribution is -0.0731. The highest BCUT2D eigenvalue weighted by atomic mass is 16.3. The number of hydrogen-bond donors (Lipinski definition) is 2. The van der Waals surface area contributed by atoms with Crippen LogP contribution in [0.2, 0.25) is 0 Å². The van der Waals surface area contributed by atoms with E-state index in [2.05, 4.69) is 40.7 Å². The molecule has 3 rings (SSSR count). The fourth-order valence-corrected chi connectivity index (χ4v) is 5.20. The van der Waals surface area contributed by atoms with Crippen molar-refractivity contribution in [2.75, 3.05) is 0 Å². The van der Waals surface area contributed by atoms with Crippen LogP contribution in [0.1, 0.15) is 76.5 Å². The molecule has 0 spiro atoms. The van der Waals surface area contributed by atoms with Gasteiger partial charge in [-0.25, -0.2) is 0 Å². The summed E-state index contributed by atoms with van der Waals surface area (Å²) in [7, 11) is 0. The Balaban J connectivity index is 2.12. The summed E-state index contributed by atoms with van der Waals surface area (Å²) >= 11 is 0. The SMILES string of the molecule is CC(C)c1cc2c(cc1O)[C@@]1(C)CC[C@@H](O)C(C)(C)[C@@H]1CC2. The van der Waals surface area contributed by atoms with Crippen molar-refractivity contribution < 1.29 is 10.2 Å². The van der Waals surface area contributed by atoms with Gasteiger partial charge in [0, 0.05) is 0 Å². The quantitative estimate of drug-likeness (QED) is 0.801. The second kappa shape index (κ2) is 4.99. The summed E-state index contributed by atoms with van der Waals surface area (Å²) in [5, 5.41) is 20.9. The number of aliphatic hydroxyl groups is 1. The van der Waals surface area contributed by atoms with Crippen molar-refractivity contribution in [2.24, 2.45) is 11.3 Å². The van der Waals surface area contributed by atoms with Gasteiger partial charge in [0.1, 0.15) is 5.75 Å². The molecule has 0 saturated heterocycles. The second-order valence-electron chi connectivity index (χ2n) is 8.61. The van der Waals surface area contributed by atoms with Crippen LogP contribution in [-0.2, 0) is 11.8 Å². The predicted molar refractivity (Wildman–Crippen MR) is 90.4 cm³/mol. The first kappa shape index (κ1) is 15.9. The summed E-state index contributed by atoms with van der Waals surface area (Å²) in [6.07, 6.45) is 3.85. The van der Waals surface area contributed by atoms with Crippen molar-refractivity contribution >= 4 is 0 Å². The molecule has 2 nitrogen and oxygen atoms in total. The summed E-state index contributed by atoms with van der Waals surface area (Å²) in [5.74, 6) is 1.26. The van der Waals surface area contributed by atoms with Crippen LogP contribution in [0.4, 0.5) is 0 Å². The second-order valence-corrected chi connectivity index (χ2v) is 8.61. The van der Waals surface area contributed by atoms with E-state index in [1.54, 1.807) is 0 Å². The van der Waals surface area contributed by atoms with Gasteiger partial charge in [0.2, 0.25) is 0 Å². The molecule has 2 N–H and O–H groups in total. The first-order chi connectivity index (χ1) is 10.2. The zero-order valence-corrected chi connectivity index (χ0v) is 14.6. The van der Waals surface area contributed by atoms with Gasteiger partial charge in [-0.1, -0.05) is 40.7 Å². The van der Waals surface area contributed by atoms with Crippen molar-refractivity contribution in [1.82, 2.24) is 0 Å². The van der Waals surface area contributed by atoms with E-state index in [9.17, 15) is 10.2 Å². The standard InChI is InChI=1S/C20H30O2/c1-12(2)14-10-13-6-7-17-19(3,4)18(22)8-9-20(17,5)15(13)11-16(14)21/h10-12,17-18,21-22H,6-9H2,1-5H3/t17-,18+,20+/m0/s1. The number of aryl methyl sites for hydroxylation is 1. The van der Waals surface area contributed by atoms with E-state index in [0.29, 0.717) is 17.6 Å². The number of phenols is 1. The van der Waals surface area contributed by atoms with E-state index in [1.807, 2.05) is 6.07 Å². The zero-order chi connectivity index (χ0) is 16.3. The van der Waals surface area contributed by atoms with E-state index >= 15 is 0 Å². The van der Waals surface area contributed by atoms with E-state index in [-0.39, 0.29) is 16.9 Å². The minimum absolute atomic E-state index is 0.0585. The van der Waals surface area contributed by atoms with Gasteiger partial charge in [-0.2, -0.15) is 0 Å². The molecule has 3 atom stereocenters. The van der Waals surface area contributed by atoms with Crippen molar-refractivity contribution in [3.05, 3.63) is 28.8 Å². The van der Waals surface area contributed by atoms with Gasteiger partial charge in [-0.05, 0) is 71.1 Å². The number of hydrogen-bond acceptors (Lipinski definition) is 2. The summed E-state index contributed by atoms with van der Waals surface area (Å²) in [6.45, 7) is 11.0. The van der Waals surface area contributed by atoms with E-state index < -0.39 is 0 Å². The third-order valence-corrected chi connectivity index (χ3v) is 6.66. The van der Waals surface area contributed by atoms with Gasteiger partial charge in [-0.3, -0.25) is 0 Å². The molecular formula is C20H30O2. The molecule has 2 aliphatic rings. The monoisotopic (exact) mass is 302 g/mol. The summed E-state index contributed by atoms with van der Waals surface area (Å²) in [6, 6.07) is 4.26. The first-order valence-corrected chi connectivity index (χ1v) is 8.72. The number of aliphatic hydroxyl groups excluding tert-OH is 1. The first-order valence-electron chi connectivity index (χ1n) is 8.72. The highest BCUT2D eigenvalue weighted by molar-refractivity contribution is 5.48. The third-order valence-electron chi connectivity index (χ3n) is 6.66. The average Bonchev–Trinajstić information content (AvgIpc) is 2.43. The number of rotatable bonds is 1. The van der Waals surface area contributed by atoms with Gasteiger partial charge in [0.15, 0.2) is 0 Å². The maximum absolute atomic E-state index is 10.5.